The van der Waals surface area contributed by atoms with Crippen molar-refractivity contribution in [1.29, 1.82) is 0 Å². The number of amides is 2. The highest BCUT2D eigenvalue weighted by molar-refractivity contribution is 6.04. The Bertz CT molecular complexity index is 1750. The van der Waals surface area contributed by atoms with E-state index in [0.717, 1.165) is 37.1 Å². The number of nitrogens with two attached hydrogens (primary N) is 1. The monoisotopic (exact) mass is 575 g/mol. The van der Waals surface area contributed by atoms with E-state index in [4.69, 9.17) is 15.5 Å². The fraction of sp³-hybridized carbons (Fsp3) is 0.303. The van der Waals surface area contributed by atoms with Crippen molar-refractivity contribution >= 4 is 29.2 Å². The van der Waals surface area contributed by atoms with E-state index in [-0.39, 0.29) is 17.9 Å². The zero-order valence-corrected chi connectivity index (χ0v) is 23.8. The molecule has 2 aliphatic carbocycles. The lowest BCUT2D eigenvalue weighted by Gasteiger charge is -2.31. The summed E-state index contributed by atoms with van der Waals surface area (Å²) < 4.78 is 7.63. The molecule has 1 atom stereocenters. The minimum Gasteiger partial charge on any atom is -0.411 e. The van der Waals surface area contributed by atoms with Gasteiger partial charge in [0.25, 0.3) is 5.91 Å². The molecule has 10 nitrogen and oxygen atoms in total. The van der Waals surface area contributed by atoms with Gasteiger partial charge < -0.3 is 20.7 Å². The first-order chi connectivity index (χ1) is 21.0. The summed E-state index contributed by atoms with van der Waals surface area (Å²) in [6.07, 6.45) is 16.7. The Morgan fingerprint density at radius 3 is 2.65 bits per heavy atom. The summed E-state index contributed by atoms with van der Waals surface area (Å²) in [5.41, 5.74) is 10.3. The van der Waals surface area contributed by atoms with Gasteiger partial charge in [-0.25, -0.2) is 19.7 Å². The van der Waals surface area contributed by atoms with Gasteiger partial charge in [-0.3, -0.25) is 9.20 Å². The number of nitrogens with zero attached hydrogens (tertiary/aromatic N) is 5. The van der Waals surface area contributed by atoms with Gasteiger partial charge in [0.1, 0.15) is 34.4 Å². The second kappa shape index (κ2) is 11.4. The Morgan fingerprint density at radius 2 is 1.86 bits per heavy atom. The molecule has 4 heterocycles. The van der Waals surface area contributed by atoms with Crippen molar-refractivity contribution in [3.05, 3.63) is 95.9 Å². The number of nitrogen functional groups attached to an aromatic ring is 1. The number of hydrogen-bond acceptors (Lipinski definition) is 7. The lowest BCUT2D eigenvalue weighted by atomic mass is 9.97. The highest BCUT2D eigenvalue weighted by atomic mass is 16.6. The molecule has 10 heteroatoms. The molecule has 2 amide bonds. The third-order valence-corrected chi connectivity index (χ3v) is 8.32. The number of ether oxygens (including phenoxy) is 1. The van der Waals surface area contributed by atoms with E-state index in [9.17, 15) is 9.59 Å². The van der Waals surface area contributed by atoms with E-state index in [1.54, 1.807) is 29.4 Å². The third kappa shape index (κ3) is 5.60. The first-order valence-corrected chi connectivity index (χ1v) is 14.9. The molecule has 1 saturated heterocycles. The van der Waals surface area contributed by atoms with Gasteiger partial charge in [-0.1, -0.05) is 18.2 Å². The van der Waals surface area contributed by atoms with Crippen LogP contribution in [-0.4, -0.2) is 49.3 Å². The average Bonchev–Trinajstić information content (AvgIpc) is 3.82. The molecule has 2 fully saturated rings. The molecule has 1 aliphatic heterocycles. The standard InChI is InChI=1S/C33H33N7O3/c34-30-29-28(22-10-12-23(13-11-22)32(41)37-27-19-24(14-15-35-27)21-8-9-21)38-31(40(29)18-16-36-30)25-5-4-17-39(20-25)33(42)43-26-6-2-1-3-7-26/h2,6-7,10-16,18-19,21,25H,1,3-5,8-9,17,20H2,(H2,34,36)(H,35,37,41)/t25-/m1/s1. The Kier molecular flexibility index (Phi) is 7.10. The summed E-state index contributed by atoms with van der Waals surface area (Å²) in [7, 11) is 0. The maximum atomic E-state index is 13.0. The molecule has 1 saturated carbocycles. The van der Waals surface area contributed by atoms with Crippen molar-refractivity contribution in [3.8, 4) is 11.3 Å². The van der Waals surface area contributed by atoms with E-state index in [0.29, 0.717) is 53.2 Å². The summed E-state index contributed by atoms with van der Waals surface area (Å²) in [5.74, 6) is 2.68. The van der Waals surface area contributed by atoms with E-state index in [1.165, 1.54) is 18.4 Å². The highest BCUT2D eigenvalue weighted by Crippen LogP contribution is 2.40. The number of rotatable bonds is 6. The zero-order valence-electron chi connectivity index (χ0n) is 23.8. The largest absolute Gasteiger partial charge is 0.415 e. The van der Waals surface area contributed by atoms with Crippen molar-refractivity contribution in [2.75, 3.05) is 24.1 Å². The van der Waals surface area contributed by atoms with Crippen molar-refractivity contribution in [2.45, 2.75) is 50.4 Å². The molecule has 3 aliphatic rings. The number of carbonyl (C=O) groups is 2. The first-order valence-electron chi connectivity index (χ1n) is 14.9. The van der Waals surface area contributed by atoms with Crippen LogP contribution < -0.4 is 11.1 Å². The van der Waals surface area contributed by atoms with Gasteiger partial charge in [0.05, 0.1) is 0 Å². The van der Waals surface area contributed by atoms with Crippen LogP contribution in [0.1, 0.15) is 72.1 Å². The second-order valence-electron chi connectivity index (χ2n) is 11.4. The predicted molar refractivity (Wildman–Crippen MR) is 163 cm³/mol. The molecule has 0 spiro atoms. The van der Waals surface area contributed by atoms with Gasteiger partial charge in [-0.2, -0.15) is 0 Å². The van der Waals surface area contributed by atoms with Crippen LogP contribution >= 0.6 is 0 Å². The molecular formula is C33H33N7O3. The minimum absolute atomic E-state index is 0.0100. The van der Waals surface area contributed by atoms with E-state index in [1.807, 2.05) is 53.1 Å². The number of carbonyl (C=O) groups excluding carboxylic acids is 2. The number of likely N-dealkylation sites (tertiary alicyclic amines) is 1. The number of benzene rings is 1. The second-order valence-corrected chi connectivity index (χ2v) is 11.4. The summed E-state index contributed by atoms with van der Waals surface area (Å²) >= 11 is 0. The van der Waals surface area contributed by atoms with E-state index in [2.05, 4.69) is 15.3 Å². The van der Waals surface area contributed by atoms with Crippen molar-refractivity contribution in [2.24, 2.45) is 0 Å². The van der Waals surface area contributed by atoms with Crippen molar-refractivity contribution < 1.29 is 14.3 Å². The SMILES string of the molecule is Nc1nccn2c([C@@H]3CCCN(C(=O)OC4=CCCC=C4)C3)nc(-c3ccc(C(=O)Nc4cc(C5CC5)ccn4)cc3)c12. The first kappa shape index (κ1) is 26.9. The lowest BCUT2D eigenvalue weighted by molar-refractivity contribution is 0.102. The molecule has 3 N–H and O–H groups in total. The highest BCUT2D eigenvalue weighted by Gasteiger charge is 2.30. The van der Waals surface area contributed by atoms with Crippen LogP contribution in [0.2, 0.25) is 0 Å². The van der Waals surface area contributed by atoms with Gasteiger partial charge in [0.2, 0.25) is 0 Å². The number of fused-ring (bicyclic) bond motifs is 1. The molecule has 1 aromatic carbocycles. The molecule has 0 bridgehead atoms. The topological polar surface area (TPSA) is 128 Å². The summed E-state index contributed by atoms with van der Waals surface area (Å²) in [5, 5.41) is 2.92. The zero-order chi connectivity index (χ0) is 29.3. The van der Waals surface area contributed by atoms with Crippen LogP contribution in [0, 0.1) is 0 Å². The van der Waals surface area contributed by atoms with Crippen LogP contribution in [0.3, 0.4) is 0 Å². The van der Waals surface area contributed by atoms with Gasteiger partial charge in [0, 0.05) is 48.7 Å². The number of nitrogens with one attached hydrogen (secondary N) is 1. The summed E-state index contributed by atoms with van der Waals surface area (Å²) in [6.45, 7) is 1.13. The number of allylic oxidation sites excluding steroid dienone is 3. The maximum Gasteiger partial charge on any atom is 0.415 e. The summed E-state index contributed by atoms with van der Waals surface area (Å²) in [6, 6.07) is 11.3. The molecule has 43 heavy (non-hydrogen) atoms. The number of aromatic nitrogens is 4. The quantitative estimate of drug-likeness (QED) is 0.286. The number of hydrogen-bond donors (Lipinski definition) is 2. The van der Waals surface area contributed by atoms with E-state index < -0.39 is 0 Å². The molecule has 0 unspecified atom stereocenters. The Labute approximate surface area is 249 Å². The van der Waals surface area contributed by atoms with Crippen LogP contribution in [0.4, 0.5) is 16.4 Å². The van der Waals surface area contributed by atoms with Gasteiger partial charge in [0.15, 0.2) is 0 Å². The van der Waals surface area contributed by atoms with Crippen LogP contribution in [-0.2, 0) is 4.74 Å². The van der Waals surface area contributed by atoms with Crippen molar-refractivity contribution in [3.63, 3.8) is 0 Å². The third-order valence-electron chi connectivity index (χ3n) is 8.32. The molecule has 4 aromatic rings. The Hall–Kier alpha value is -4.99. The fourth-order valence-corrected chi connectivity index (χ4v) is 5.91. The number of piperidine rings is 1. The molecule has 7 rings (SSSR count). The van der Waals surface area contributed by atoms with Crippen LogP contribution in [0.25, 0.3) is 16.8 Å². The maximum absolute atomic E-state index is 13.0. The van der Waals surface area contributed by atoms with Crippen molar-refractivity contribution in [1.82, 2.24) is 24.3 Å². The molecule has 3 aromatic heterocycles. The van der Waals surface area contributed by atoms with Crippen LogP contribution in [0.15, 0.2) is 79.0 Å². The number of anilines is 2. The fourth-order valence-electron chi connectivity index (χ4n) is 5.91. The normalized spacial score (nSPS) is 18.4. The number of imidazole rings is 1. The predicted octanol–water partition coefficient (Wildman–Crippen LogP) is 6.05. The Balaban J connectivity index is 1.12. The molecular weight excluding hydrogens is 542 g/mol. The molecule has 218 valence electrons. The minimum atomic E-state index is -0.340. The van der Waals surface area contributed by atoms with Crippen LogP contribution in [0.5, 0.6) is 0 Å². The average molecular weight is 576 g/mol. The molecule has 0 radical (unpaired) electrons. The van der Waals surface area contributed by atoms with E-state index >= 15 is 0 Å². The van der Waals surface area contributed by atoms with Gasteiger partial charge in [-0.15, -0.1) is 0 Å². The van der Waals surface area contributed by atoms with Gasteiger partial charge in [-0.05, 0) is 86.4 Å². The number of pyridine rings is 1. The lowest BCUT2D eigenvalue weighted by Crippen LogP contribution is -2.39. The summed E-state index contributed by atoms with van der Waals surface area (Å²) in [4.78, 5) is 41.4. The smallest absolute Gasteiger partial charge is 0.411 e. The Morgan fingerprint density at radius 1 is 1.00 bits per heavy atom. The van der Waals surface area contributed by atoms with Gasteiger partial charge >= 0.3 is 6.09 Å².